The van der Waals surface area contributed by atoms with Gasteiger partial charge in [0.15, 0.2) is 0 Å². The Kier molecular flexibility index (Phi) is 10.4. The van der Waals surface area contributed by atoms with Crippen LogP contribution in [0.4, 0.5) is 0 Å². The smallest absolute Gasteiger partial charge is 0.414 e. The van der Waals surface area contributed by atoms with E-state index in [0.29, 0.717) is 12.5 Å². The highest BCUT2D eigenvalue weighted by Crippen LogP contribution is 2.24. The van der Waals surface area contributed by atoms with Crippen LogP contribution in [0, 0.1) is 5.92 Å². The fraction of sp³-hybridized carbons (Fsp3) is 0.435. The number of nitrogens with zero attached hydrogens (tertiary/aromatic N) is 2. The second-order valence-corrected chi connectivity index (χ2v) is 7.43. The first-order valence-electron chi connectivity index (χ1n) is 10.3. The number of likely N-dealkylation sites (tertiary alicyclic amines) is 1. The molecule has 32 heavy (non-hydrogen) atoms. The monoisotopic (exact) mass is 446 g/mol. The SMILES string of the molecule is COc1cc(COCC2CCN(Cc3cccnc3)CC2)cc(OC)c1.O=C(O)C(=O)O. The summed E-state index contributed by atoms with van der Waals surface area (Å²) in [6.07, 6.45) is 6.14. The number of hydrogen-bond acceptors (Lipinski definition) is 7. The number of aromatic nitrogens is 1. The van der Waals surface area contributed by atoms with Crippen LogP contribution in [0.3, 0.4) is 0 Å². The summed E-state index contributed by atoms with van der Waals surface area (Å²) in [5.74, 6) is -1.42. The molecule has 1 aliphatic heterocycles. The third-order valence-corrected chi connectivity index (χ3v) is 5.05. The van der Waals surface area contributed by atoms with E-state index in [1.165, 1.54) is 18.4 Å². The standard InChI is InChI=1S/C21H28N2O3.C2H2O4/c1-24-20-10-19(11-21(12-20)25-2)16-26-15-17-5-8-23(9-6-17)14-18-4-3-7-22-13-18;3-1(4)2(5)6/h3-4,7,10-13,17H,5-6,8-9,14-16H2,1-2H3;(H,3,4)(H,5,6). The highest BCUT2D eigenvalue weighted by molar-refractivity contribution is 6.27. The van der Waals surface area contributed by atoms with Gasteiger partial charge in [-0.1, -0.05) is 6.07 Å². The Balaban J connectivity index is 0.000000534. The maximum absolute atomic E-state index is 9.10. The van der Waals surface area contributed by atoms with Gasteiger partial charge in [0.25, 0.3) is 0 Å². The van der Waals surface area contributed by atoms with Crippen LogP contribution in [0.15, 0.2) is 42.7 Å². The minimum atomic E-state index is -1.82. The van der Waals surface area contributed by atoms with Crippen molar-refractivity contribution in [3.8, 4) is 11.5 Å². The average molecular weight is 447 g/mol. The molecule has 2 aromatic rings. The Morgan fingerprint density at radius 1 is 1.03 bits per heavy atom. The number of rotatable bonds is 8. The summed E-state index contributed by atoms with van der Waals surface area (Å²) in [6.45, 7) is 4.63. The topological polar surface area (TPSA) is 118 Å². The van der Waals surface area contributed by atoms with E-state index < -0.39 is 11.9 Å². The number of aliphatic carboxylic acids is 2. The third kappa shape index (κ3) is 8.91. The lowest BCUT2D eigenvalue weighted by atomic mass is 9.97. The van der Waals surface area contributed by atoms with Gasteiger partial charge in [-0.05, 0) is 61.2 Å². The van der Waals surface area contributed by atoms with Gasteiger partial charge in [-0.25, -0.2) is 9.59 Å². The van der Waals surface area contributed by atoms with Crippen LogP contribution in [0.1, 0.15) is 24.0 Å². The molecule has 9 heteroatoms. The largest absolute Gasteiger partial charge is 0.497 e. The summed E-state index contributed by atoms with van der Waals surface area (Å²) >= 11 is 0. The van der Waals surface area contributed by atoms with E-state index in [-0.39, 0.29) is 0 Å². The van der Waals surface area contributed by atoms with Crippen LogP contribution in [0.5, 0.6) is 11.5 Å². The van der Waals surface area contributed by atoms with E-state index in [9.17, 15) is 0 Å². The molecule has 2 N–H and O–H groups in total. The van der Waals surface area contributed by atoms with Crippen molar-refractivity contribution in [2.24, 2.45) is 5.92 Å². The molecular weight excluding hydrogens is 416 g/mol. The minimum absolute atomic E-state index is 0.587. The van der Waals surface area contributed by atoms with Crippen molar-refractivity contribution < 1.29 is 34.0 Å². The zero-order valence-corrected chi connectivity index (χ0v) is 18.4. The van der Waals surface area contributed by atoms with Gasteiger partial charge in [0.1, 0.15) is 11.5 Å². The van der Waals surface area contributed by atoms with E-state index in [1.807, 2.05) is 36.7 Å². The molecule has 0 atom stereocenters. The van der Waals surface area contributed by atoms with Gasteiger partial charge >= 0.3 is 11.9 Å². The molecule has 0 aliphatic carbocycles. The maximum Gasteiger partial charge on any atom is 0.414 e. The van der Waals surface area contributed by atoms with E-state index in [1.54, 1.807) is 14.2 Å². The quantitative estimate of drug-likeness (QED) is 0.590. The van der Waals surface area contributed by atoms with Crippen LogP contribution in [-0.4, -0.2) is 66.0 Å². The molecule has 9 nitrogen and oxygen atoms in total. The number of carbonyl (C=O) groups is 2. The highest BCUT2D eigenvalue weighted by Gasteiger charge is 2.19. The van der Waals surface area contributed by atoms with Gasteiger partial charge in [-0.15, -0.1) is 0 Å². The maximum atomic E-state index is 9.10. The molecular formula is C23H30N2O7. The second-order valence-electron chi connectivity index (χ2n) is 7.43. The molecule has 0 radical (unpaired) electrons. The molecule has 0 spiro atoms. The lowest BCUT2D eigenvalue weighted by molar-refractivity contribution is -0.159. The predicted molar refractivity (Wildman–Crippen MR) is 117 cm³/mol. The van der Waals surface area contributed by atoms with Crippen LogP contribution < -0.4 is 9.47 Å². The fourth-order valence-corrected chi connectivity index (χ4v) is 3.35. The van der Waals surface area contributed by atoms with Crippen LogP contribution in [0.25, 0.3) is 0 Å². The van der Waals surface area contributed by atoms with Gasteiger partial charge in [0.2, 0.25) is 0 Å². The van der Waals surface area contributed by atoms with Gasteiger partial charge in [0.05, 0.1) is 20.8 Å². The first-order chi connectivity index (χ1) is 15.4. The molecule has 174 valence electrons. The summed E-state index contributed by atoms with van der Waals surface area (Å²) in [7, 11) is 3.33. The van der Waals surface area contributed by atoms with Gasteiger partial charge < -0.3 is 24.4 Å². The number of pyridine rings is 1. The average Bonchev–Trinajstić information content (AvgIpc) is 2.81. The minimum Gasteiger partial charge on any atom is -0.497 e. The fourth-order valence-electron chi connectivity index (χ4n) is 3.35. The summed E-state index contributed by atoms with van der Waals surface area (Å²) in [5, 5.41) is 14.8. The number of hydrogen-bond donors (Lipinski definition) is 2. The van der Waals surface area contributed by atoms with Crippen molar-refractivity contribution >= 4 is 11.9 Å². The first-order valence-corrected chi connectivity index (χ1v) is 10.3. The summed E-state index contributed by atoms with van der Waals surface area (Å²) in [4.78, 5) is 24.9. The number of carboxylic acid groups (broad SMARTS) is 2. The zero-order valence-electron chi connectivity index (χ0n) is 18.4. The van der Waals surface area contributed by atoms with Crippen LogP contribution >= 0.6 is 0 Å². The normalized spacial score (nSPS) is 14.2. The Hall–Kier alpha value is -3.17. The molecule has 2 heterocycles. The molecule has 0 amide bonds. The van der Waals surface area contributed by atoms with Gasteiger partial charge in [-0.2, -0.15) is 0 Å². The van der Waals surface area contributed by atoms with Gasteiger partial charge in [-0.3, -0.25) is 9.88 Å². The molecule has 3 rings (SSSR count). The lowest BCUT2D eigenvalue weighted by Gasteiger charge is -2.31. The Morgan fingerprint density at radius 2 is 1.66 bits per heavy atom. The van der Waals surface area contributed by atoms with Crippen molar-refractivity contribution in [2.75, 3.05) is 33.9 Å². The number of benzene rings is 1. The molecule has 1 saturated heterocycles. The molecule has 0 unspecified atom stereocenters. The second kappa shape index (κ2) is 13.3. The Labute approximate surface area is 187 Å². The summed E-state index contributed by atoms with van der Waals surface area (Å²) in [5.41, 5.74) is 2.37. The Bertz CT molecular complexity index is 818. The number of ether oxygens (including phenoxy) is 3. The Morgan fingerprint density at radius 3 is 2.16 bits per heavy atom. The van der Waals surface area contributed by atoms with Crippen molar-refractivity contribution in [1.29, 1.82) is 0 Å². The van der Waals surface area contributed by atoms with Crippen molar-refractivity contribution in [3.63, 3.8) is 0 Å². The molecule has 1 aliphatic rings. The molecule has 0 bridgehead atoms. The van der Waals surface area contributed by atoms with E-state index in [0.717, 1.165) is 43.3 Å². The first kappa shape index (κ1) is 25.1. The molecule has 0 saturated carbocycles. The number of piperidine rings is 1. The summed E-state index contributed by atoms with van der Waals surface area (Å²) < 4.78 is 16.6. The van der Waals surface area contributed by atoms with Crippen LogP contribution in [-0.2, 0) is 27.5 Å². The molecule has 1 aromatic heterocycles. The van der Waals surface area contributed by atoms with Crippen molar-refractivity contribution in [3.05, 3.63) is 53.9 Å². The highest BCUT2D eigenvalue weighted by atomic mass is 16.5. The number of methoxy groups -OCH3 is 2. The van der Waals surface area contributed by atoms with E-state index in [2.05, 4.69) is 16.0 Å². The molecule has 1 aromatic carbocycles. The third-order valence-electron chi connectivity index (χ3n) is 5.05. The van der Waals surface area contributed by atoms with Crippen molar-refractivity contribution in [2.45, 2.75) is 26.0 Å². The predicted octanol–water partition coefficient (Wildman–Crippen LogP) is 2.68. The van der Waals surface area contributed by atoms with E-state index in [4.69, 9.17) is 34.0 Å². The molecule has 1 fully saturated rings. The zero-order chi connectivity index (χ0) is 23.3. The van der Waals surface area contributed by atoms with Crippen molar-refractivity contribution in [1.82, 2.24) is 9.88 Å². The van der Waals surface area contributed by atoms with E-state index >= 15 is 0 Å². The van der Waals surface area contributed by atoms with Crippen LogP contribution in [0.2, 0.25) is 0 Å². The lowest BCUT2D eigenvalue weighted by Crippen LogP contribution is -2.34. The van der Waals surface area contributed by atoms with Gasteiger partial charge in [0, 0.05) is 31.6 Å². The number of carboxylic acids is 2. The summed E-state index contributed by atoms with van der Waals surface area (Å²) in [6, 6.07) is 10.0.